The molecule has 35 heavy (non-hydrogen) atoms. The first-order valence-corrected chi connectivity index (χ1v) is 11.5. The van der Waals surface area contributed by atoms with E-state index in [0.29, 0.717) is 0 Å². The second-order valence-corrected chi connectivity index (χ2v) is 8.64. The van der Waals surface area contributed by atoms with Gasteiger partial charge in [0.05, 0.1) is 17.1 Å². The number of hydrogen-bond acceptors (Lipinski definition) is 4. The highest BCUT2D eigenvalue weighted by Gasteiger charge is 2.26. The second-order valence-electron chi connectivity index (χ2n) is 8.23. The molecule has 0 aliphatic carbocycles. The number of carbonyl (C=O) groups is 1. The second kappa shape index (κ2) is 9.68. The van der Waals surface area contributed by atoms with Crippen LogP contribution in [-0.2, 0) is 6.54 Å². The zero-order valence-corrected chi connectivity index (χ0v) is 20.5. The molecule has 4 rings (SSSR count). The van der Waals surface area contributed by atoms with Crippen LogP contribution in [0.5, 0.6) is 0 Å². The Morgan fingerprint density at radius 3 is 2.31 bits per heavy atom. The molecule has 4 aromatic rings. The molecule has 0 bridgehead atoms. The Kier molecular flexibility index (Phi) is 6.66. The van der Waals surface area contributed by atoms with E-state index in [4.69, 9.17) is 17.3 Å². The Balaban J connectivity index is 1.80. The summed E-state index contributed by atoms with van der Waals surface area (Å²) < 4.78 is 3.25. The molecule has 2 aromatic carbocycles. The summed E-state index contributed by atoms with van der Waals surface area (Å²) >= 11 is 6.43. The van der Waals surface area contributed by atoms with Crippen LogP contribution in [0.2, 0.25) is 5.02 Å². The van der Waals surface area contributed by atoms with Crippen LogP contribution >= 0.6 is 11.6 Å². The van der Waals surface area contributed by atoms with E-state index >= 15 is 0 Å². The van der Waals surface area contributed by atoms with Gasteiger partial charge in [-0.05, 0) is 56.7 Å². The first-order chi connectivity index (χ1) is 16.7. The fraction of sp³-hybridized carbons (Fsp3) is 0.192. The van der Waals surface area contributed by atoms with Crippen molar-refractivity contribution in [3.63, 3.8) is 0 Å². The average molecular weight is 492 g/mol. The van der Waals surface area contributed by atoms with Crippen LogP contribution in [0.25, 0.3) is 5.69 Å². The van der Waals surface area contributed by atoms with Gasteiger partial charge in [-0.25, -0.2) is 4.79 Å². The lowest BCUT2D eigenvalue weighted by molar-refractivity contribution is 0.0988. The standard InChI is InChI=1S/C26H26ClN5O3/c1-4-30(22-23(28)31(26(35)29-24(22)33)15-18-8-6-5-7-9-18)25(34)20-14-19(12-13-21(20)27)32-16(2)10-11-17(32)3/h5-14H,4,15,28H2,1-3H3,(H,29,33,35). The van der Waals surface area contributed by atoms with Crippen molar-refractivity contribution in [1.82, 2.24) is 14.1 Å². The molecule has 0 fully saturated rings. The van der Waals surface area contributed by atoms with Crippen LogP contribution in [0.3, 0.4) is 0 Å². The van der Waals surface area contributed by atoms with Gasteiger partial charge in [0.2, 0.25) is 0 Å². The SMILES string of the molecule is CCN(C(=O)c1cc(-n2c(C)ccc2C)ccc1Cl)c1c(N)n(Cc2ccccc2)c(=O)[nH]c1=O. The van der Waals surface area contributed by atoms with Crippen LogP contribution in [0.1, 0.15) is 34.2 Å². The van der Waals surface area contributed by atoms with Gasteiger partial charge >= 0.3 is 5.69 Å². The minimum atomic E-state index is -0.739. The Morgan fingerprint density at radius 1 is 1.03 bits per heavy atom. The number of rotatable bonds is 6. The largest absolute Gasteiger partial charge is 0.383 e. The van der Waals surface area contributed by atoms with Crippen molar-refractivity contribution >= 4 is 29.0 Å². The number of H-pyrrole nitrogens is 1. The summed E-state index contributed by atoms with van der Waals surface area (Å²) in [6, 6.07) is 18.4. The maximum atomic E-state index is 13.7. The Hall–Kier alpha value is -4.04. The molecule has 0 saturated carbocycles. The number of aryl methyl sites for hydroxylation is 2. The molecule has 3 N–H and O–H groups in total. The molecule has 9 heteroatoms. The van der Waals surface area contributed by atoms with E-state index in [1.54, 1.807) is 19.1 Å². The minimum Gasteiger partial charge on any atom is -0.383 e. The van der Waals surface area contributed by atoms with Crippen LogP contribution in [0.4, 0.5) is 11.5 Å². The lowest BCUT2D eigenvalue weighted by Gasteiger charge is -2.24. The first-order valence-electron chi connectivity index (χ1n) is 11.2. The highest BCUT2D eigenvalue weighted by atomic mass is 35.5. The van der Waals surface area contributed by atoms with Crippen molar-refractivity contribution < 1.29 is 4.79 Å². The summed E-state index contributed by atoms with van der Waals surface area (Å²) in [5, 5.41) is 0.243. The van der Waals surface area contributed by atoms with Crippen molar-refractivity contribution in [2.24, 2.45) is 0 Å². The van der Waals surface area contributed by atoms with E-state index in [9.17, 15) is 14.4 Å². The number of aromatic amines is 1. The molecule has 1 amide bonds. The van der Waals surface area contributed by atoms with Gasteiger partial charge in [0.1, 0.15) is 5.82 Å². The zero-order chi connectivity index (χ0) is 25.3. The van der Waals surface area contributed by atoms with Crippen molar-refractivity contribution in [3.05, 3.63) is 109 Å². The molecule has 0 unspecified atom stereocenters. The van der Waals surface area contributed by atoms with Gasteiger partial charge in [0, 0.05) is 23.6 Å². The normalized spacial score (nSPS) is 11.0. The number of anilines is 2. The number of benzene rings is 2. The smallest absolute Gasteiger partial charge is 0.330 e. The van der Waals surface area contributed by atoms with E-state index in [0.717, 1.165) is 22.6 Å². The number of hydrogen-bond donors (Lipinski definition) is 2. The number of amides is 1. The van der Waals surface area contributed by atoms with E-state index in [1.165, 1.54) is 9.47 Å². The van der Waals surface area contributed by atoms with Gasteiger partial charge in [-0.2, -0.15) is 0 Å². The van der Waals surface area contributed by atoms with Crippen LogP contribution < -0.4 is 21.9 Å². The van der Waals surface area contributed by atoms with Gasteiger partial charge in [0.15, 0.2) is 5.69 Å². The number of nitrogens with zero attached hydrogens (tertiary/aromatic N) is 3. The third kappa shape index (κ3) is 4.52. The number of nitrogen functional groups attached to an aromatic ring is 1. The van der Waals surface area contributed by atoms with Crippen molar-refractivity contribution in [3.8, 4) is 5.69 Å². The molecule has 0 aliphatic heterocycles. The van der Waals surface area contributed by atoms with E-state index < -0.39 is 17.2 Å². The van der Waals surface area contributed by atoms with Crippen molar-refractivity contribution in [2.45, 2.75) is 27.3 Å². The van der Waals surface area contributed by atoms with Crippen LogP contribution in [-0.4, -0.2) is 26.6 Å². The Labute approximate surface area is 207 Å². The third-order valence-electron chi connectivity index (χ3n) is 5.94. The molecule has 0 aliphatic rings. The number of aromatic nitrogens is 3. The van der Waals surface area contributed by atoms with Gasteiger partial charge in [-0.3, -0.25) is 19.1 Å². The Bertz CT molecular complexity index is 1500. The van der Waals surface area contributed by atoms with Gasteiger partial charge in [-0.15, -0.1) is 0 Å². The fourth-order valence-corrected chi connectivity index (χ4v) is 4.40. The fourth-order valence-electron chi connectivity index (χ4n) is 4.20. The molecule has 8 nitrogen and oxygen atoms in total. The predicted molar refractivity (Wildman–Crippen MR) is 139 cm³/mol. The lowest BCUT2D eigenvalue weighted by Crippen LogP contribution is -2.41. The Morgan fingerprint density at radius 2 is 1.69 bits per heavy atom. The quantitative estimate of drug-likeness (QED) is 0.426. The molecule has 0 atom stereocenters. The van der Waals surface area contributed by atoms with Crippen molar-refractivity contribution in [1.29, 1.82) is 0 Å². The molecule has 0 radical (unpaired) electrons. The summed E-state index contributed by atoms with van der Waals surface area (Å²) in [7, 11) is 0. The number of halogens is 1. The summed E-state index contributed by atoms with van der Waals surface area (Å²) in [5.41, 5.74) is 8.66. The molecule has 0 spiro atoms. The summed E-state index contributed by atoms with van der Waals surface area (Å²) in [6.07, 6.45) is 0. The summed E-state index contributed by atoms with van der Waals surface area (Å²) in [6.45, 7) is 5.94. The van der Waals surface area contributed by atoms with E-state index in [-0.39, 0.29) is 35.2 Å². The topological polar surface area (TPSA) is 106 Å². The van der Waals surface area contributed by atoms with Crippen LogP contribution in [0, 0.1) is 13.8 Å². The highest BCUT2D eigenvalue weighted by molar-refractivity contribution is 6.34. The number of nitrogens with two attached hydrogens (primary N) is 1. The highest BCUT2D eigenvalue weighted by Crippen LogP contribution is 2.27. The molecule has 2 heterocycles. The average Bonchev–Trinajstić information content (AvgIpc) is 3.18. The maximum Gasteiger partial charge on any atom is 0.330 e. The van der Waals surface area contributed by atoms with Crippen molar-refractivity contribution in [2.75, 3.05) is 17.2 Å². The molecule has 180 valence electrons. The minimum absolute atomic E-state index is 0.0946. The molecular weight excluding hydrogens is 466 g/mol. The number of nitrogens with one attached hydrogen (secondary N) is 1. The lowest BCUT2D eigenvalue weighted by atomic mass is 10.1. The van der Waals surface area contributed by atoms with Crippen LogP contribution in [0.15, 0.2) is 70.3 Å². The monoisotopic (exact) mass is 491 g/mol. The van der Waals surface area contributed by atoms with Gasteiger partial charge in [0.25, 0.3) is 11.5 Å². The molecular formula is C26H26ClN5O3. The zero-order valence-electron chi connectivity index (χ0n) is 19.7. The van der Waals surface area contributed by atoms with E-state index in [2.05, 4.69) is 4.98 Å². The first kappa shape index (κ1) is 24.1. The van der Waals surface area contributed by atoms with Gasteiger partial charge in [-0.1, -0.05) is 41.9 Å². The maximum absolute atomic E-state index is 13.7. The molecule has 0 saturated heterocycles. The molecule has 2 aromatic heterocycles. The number of carbonyl (C=O) groups excluding carboxylic acids is 1. The van der Waals surface area contributed by atoms with Gasteiger partial charge < -0.3 is 15.2 Å². The van der Waals surface area contributed by atoms with E-state index in [1.807, 2.05) is 66.9 Å². The summed E-state index contributed by atoms with van der Waals surface area (Å²) in [5.74, 6) is -0.592. The summed E-state index contributed by atoms with van der Waals surface area (Å²) in [4.78, 5) is 42.6. The third-order valence-corrected chi connectivity index (χ3v) is 6.27. The predicted octanol–water partition coefficient (Wildman–Crippen LogP) is 3.89.